The highest BCUT2D eigenvalue weighted by molar-refractivity contribution is 7.47. The fraction of sp³-hybridized carbons (Fsp3) is 0.810. The van der Waals surface area contributed by atoms with E-state index in [4.69, 9.17) is 18.5 Å². The summed E-state index contributed by atoms with van der Waals surface area (Å²) in [6.45, 7) is 4.16. The van der Waals surface area contributed by atoms with E-state index < -0.39 is 32.6 Å². The first kappa shape index (κ1) is 51.2. The highest BCUT2D eigenvalue weighted by Gasteiger charge is 2.27. The predicted octanol–water partition coefficient (Wildman–Crippen LogP) is 10.3. The van der Waals surface area contributed by atoms with Gasteiger partial charge in [0.2, 0.25) is 0 Å². The van der Waals surface area contributed by atoms with Crippen LogP contribution in [-0.4, -0.2) is 86.1 Å². The summed E-state index contributed by atoms with van der Waals surface area (Å²) in [5.74, 6) is -0.851. The topological polar surface area (TPSA) is 129 Å². The van der Waals surface area contributed by atoms with Crippen molar-refractivity contribution in [1.29, 1.82) is 0 Å². The summed E-state index contributed by atoms with van der Waals surface area (Å²) in [6.07, 6.45) is 33.7. The van der Waals surface area contributed by atoms with Gasteiger partial charge in [0.1, 0.15) is 19.8 Å². The lowest BCUT2D eigenvalue weighted by atomic mass is 10.0. The number of ether oxygens (including phenoxy) is 2. The van der Waals surface area contributed by atoms with Crippen LogP contribution < -0.4 is 0 Å². The van der Waals surface area contributed by atoms with Gasteiger partial charge in [-0.1, -0.05) is 147 Å². The van der Waals surface area contributed by atoms with Crippen molar-refractivity contribution in [2.75, 3.05) is 47.5 Å². The normalized spacial score (nSPS) is 14.6. The lowest BCUT2D eigenvalue weighted by molar-refractivity contribution is -0.870. The number of phosphoric acid groups is 1. The first-order valence-corrected chi connectivity index (χ1v) is 22.3. The van der Waals surface area contributed by atoms with E-state index in [2.05, 4.69) is 19.9 Å². The highest BCUT2D eigenvalue weighted by Crippen LogP contribution is 2.43. The van der Waals surface area contributed by atoms with Crippen LogP contribution in [0.4, 0.5) is 0 Å². The van der Waals surface area contributed by atoms with Crippen LogP contribution >= 0.6 is 7.82 Å². The van der Waals surface area contributed by atoms with Crippen molar-refractivity contribution >= 4 is 19.8 Å². The van der Waals surface area contributed by atoms with E-state index in [0.717, 1.165) is 57.8 Å². The summed E-state index contributed by atoms with van der Waals surface area (Å²) < 4.78 is 34.2. The fourth-order valence-corrected chi connectivity index (χ4v) is 6.20. The average molecular weight is 773 g/mol. The number of aliphatic hydroxyl groups excluding tert-OH is 1. The van der Waals surface area contributed by atoms with Crippen LogP contribution in [-0.2, 0) is 32.7 Å². The van der Waals surface area contributed by atoms with Gasteiger partial charge in [-0.2, -0.15) is 0 Å². The largest absolute Gasteiger partial charge is 0.472 e. The number of hydrogen-bond acceptors (Lipinski definition) is 8. The first-order chi connectivity index (χ1) is 25.4. The molecule has 11 heteroatoms. The Bertz CT molecular complexity index is 1020. The number of rotatable bonds is 37. The molecule has 0 radical (unpaired) electrons. The molecule has 0 fully saturated rings. The van der Waals surface area contributed by atoms with Crippen molar-refractivity contribution in [1.82, 2.24) is 0 Å². The van der Waals surface area contributed by atoms with Gasteiger partial charge in [-0.15, -0.1) is 0 Å². The maximum Gasteiger partial charge on any atom is 0.472 e. The number of phosphoric ester groups is 1. The zero-order valence-electron chi connectivity index (χ0n) is 34.4. The highest BCUT2D eigenvalue weighted by atomic mass is 31.2. The van der Waals surface area contributed by atoms with Crippen LogP contribution in [0.3, 0.4) is 0 Å². The van der Waals surface area contributed by atoms with Gasteiger partial charge in [0.25, 0.3) is 0 Å². The summed E-state index contributed by atoms with van der Waals surface area (Å²) >= 11 is 0. The molecule has 0 amide bonds. The summed E-state index contributed by atoms with van der Waals surface area (Å²) in [6, 6.07) is 0. The van der Waals surface area contributed by atoms with Crippen molar-refractivity contribution in [3.8, 4) is 0 Å². The molecule has 2 N–H and O–H groups in total. The van der Waals surface area contributed by atoms with Crippen molar-refractivity contribution in [3.63, 3.8) is 0 Å². The van der Waals surface area contributed by atoms with Crippen LogP contribution in [0.2, 0.25) is 0 Å². The van der Waals surface area contributed by atoms with Gasteiger partial charge in [0.05, 0.1) is 33.9 Å². The maximum absolute atomic E-state index is 12.7. The third-order valence-corrected chi connectivity index (χ3v) is 9.75. The second-order valence-corrected chi connectivity index (χ2v) is 16.7. The maximum atomic E-state index is 12.7. The van der Waals surface area contributed by atoms with Crippen molar-refractivity contribution < 1.29 is 47.2 Å². The molecule has 0 aliphatic heterocycles. The Morgan fingerprint density at radius 1 is 0.679 bits per heavy atom. The summed E-state index contributed by atoms with van der Waals surface area (Å²) in [5.41, 5.74) is 0. The third kappa shape index (κ3) is 38.3. The molecule has 0 spiro atoms. The molecule has 3 atom stereocenters. The van der Waals surface area contributed by atoms with Gasteiger partial charge >= 0.3 is 19.8 Å². The minimum atomic E-state index is -4.39. The molecular formula is C42H79NO9P+. The summed E-state index contributed by atoms with van der Waals surface area (Å²) in [4.78, 5) is 35.3. The molecular weight excluding hydrogens is 693 g/mol. The number of unbranched alkanes of at least 4 members (excludes halogenated alkanes) is 17. The predicted molar refractivity (Wildman–Crippen MR) is 216 cm³/mol. The SMILES string of the molecule is CC/C=C/CC(O)/C=C/C=C/CCCCCCCC(=O)O[C@H](COC(=O)CCCCCCCCCCCCCCC)COP(=O)(O)OCC[N+](C)(C)C. The van der Waals surface area contributed by atoms with Gasteiger partial charge < -0.3 is 24.0 Å². The van der Waals surface area contributed by atoms with Gasteiger partial charge in [-0.25, -0.2) is 4.57 Å². The van der Waals surface area contributed by atoms with Crippen molar-refractivity contribution in [2.24, 2.45) is 0 Å². The molecule has 0 bridgehead atoms. The molecule has 310 valence electrons. The van der Waals surface area contributed by atoms with Gasteiger partial charge in [-0.3, -0.25) is 18.6 Å². The van der Waals surface area contributed by atoms with E-state index in [1.807, 2.05) is 45.4 Å². The fourth-order valence-electron chi connectivity index (χ4n) is 5.46. The lowest BCUT2D eigenvalue weighted by Gasteiger charge is -2.24. The minimum Gasteiger partial charge on any atom is -0.462 e. The van der Waals surface area contributed by atoms with Crippen LogP contribution in [0.15, 0.2) is 36.5 Å². The van der Waals surface area contributed by atoms with Crippen LogP contribution in [0, 0.1) is 0 Å². The first-order valence-electron chi connectivity index (χ1n) is 20.8. The second-order valence-electron chi connectivity index (χ2n) is 15.2. The number of aliphatic hydroxyl groups is 1. The minimum absolute atomic E-state index is 0.0184. The standard InChI is InChI=1S/C42H78NO9P/c1-6-8-10-11-12-13-14-15-16-19-22-25-29-33-41(45)49-37-40(38-51-53(47,48)50-36-35-43(3,4)5)52-42(46)34-30-26-23-20-17-18-21-24-28-32-39(44)31-27-9-7-2/h9,21,24,27-28,32,39-40,44H,6-8,10-20,22-23,25-26,29-31,33-38H2,1-5H3/p+1/b24-21+,27-9+,32-28+/t39?,40-/m1/s1. The Hall–Kier alpha value is -1.81. The van der Waals surface area contributed by atoms with Gasteiger partial charge in [-0.05, 0) is 38.5 Å². The van der Waals surface area contributed by atoms with Crippen LogP contribution in [0.5, 0.6) is 0 Å². The number of carbonyl (C=O) groups excluding carboxylic acids is 2. The van der Waals surface area contributed by atoms with Crippen molar-refractivity contribution in [3.05, 3.63) is 36.5 Å². The Labute approximate surface area is 324 Å². The molecule has 0 aromatic rings. The monoisotopic (exact) mass is 773 g/mol. The third-order valence-electron chi connectivity index (χ3n) is 8.76. The van der Waals surface area contributed by atoms with Crippen molar-refractivity contribution in [2.45, 2.75) is 174 Å². The van der Waals surface area contributed by atoms with E-state index in [9.17, 15) is 24.2 Å². The Morgan fingerprint density at radius 3 is 1.79 bits per heavy atom. The molecule has 2 unspecified atom stereocenters. The number of hydrogen-bond donors (Lipinski definition) is 2. The average Bonchev–Trinajstić information content (AvgIpc) is 3.09. The number of quaternary nitrogens is 1. The Morgan fingerprint density at radius 2 is 1.23 bits per heavy atom. The number of esters is 2. The van der Waals surface area contributed by atoms with Gasteiger partial charge in [0.15, 0.2) is 6.10 Å². The molecule has 0 saturated heterocycles. The zero-order valence-corrected chi connectivity index (χ0v) is 35.3. The number of allylic oxidation sites excluding steroid dienone is 4. The number of nitrogens with zero attached hydrogens (tertiary/aromatic N) is 1. The van der Waals surface area contributed by atoms with E-state index in [1.165, 1.54) is 64.2 Å². The Kier molecular flexibility index (Phi) is 33.5. The molecule has 0 rings (SSSR count). The molecule has 0 heterocycles. The van der Waals surface area contributed by atoms with Gasteiger partial charge in [0, 0.05) is 12.8 Å². The smallest absolute Gasteiger partial charge is 0.462 e. The lowest BCUT2D eigenvalue weighted by Crippen LogP contribution is -2.37. The molecule has 0 saturated carbocycles. The summed E-state index contributed by atoms with van der Waals surface area (Å²) in [5, 5.41) is 9.88. The van der Waals surface area contributed by atoms with E-state index >= 15 is 0 Å². The second kappa shape index (κ2) is 34.7. The van der Waals surface area contributed by atoms with Crippen LogP contribution in [0.25, 0.3) is 0 Å². The number of likely N-dealkylation sites (N-methyl/N-ethyl adjacent to an activating group) is 1. The molecule has 0 aromatic heterocycles. The summed E-state index contributed by atoms with van der Waals surface area (Å²) in [7, 11) is 1.43. The van der Waals surface area contributed by atoms with E-state index in [1.54, 1.807) is 6.08 Å². The molecule has 0 aliphatic carbocycles. The molecule has 53 heavy (non-hydrogen) atoms. The molecule has 0 aromatic carbocycles. The van der Waals surface area contributed by atoms with E-state index in [-0.39, 0.29) is 32.0 Å². The molecule has 10 nitrogen and oxygen atoms in total. The number of carbonyl (C=O) groups is 2. The van der Waals surface area contributed by atoms with E-state index in [0.29, 0.717) is 23.9 Å². The molecule has 0 aliphatic rings. The van der Waals surface area contributed by atoms with Crippen LogP contribution in [0.1, 0.15) is 162 Å². The zero-order chi connectivity index (χ0) is 39.5. The Balaban J connectivity index is 4.46. The quantitative estimate of drug-likeness (QED) is 0.0158.